The van der Waals surface area contributed by atoms with Gasteiger partial charge in [0.15, 0.2) is 5.78 Å². The second kappa shape index (κ2) is 7.20. The molecular formula is C17H20N2O4. The van der Waals surface area contributed by atoms with Gasteiger partial charge in [-0.25, -0.2) is 0 Å². The molecule has 0 N–H and O–H groups in total. The maximum atomic E-state index is 12.8. The van der Waals surface area contributed by atoms with Crippen LogP contribution in [-0.4, -0.2) is 36.0 Å². The molecule has 0 aliphatic heterocycles. The molecule has 1 aliphatic carbocycles. The molecule has 6 heteroatoms. The molecule has 0 spiro atoms. The second-order valence-electron chi connectivity index (χ2n) is 5.56. The molecule has 1 atom stereocenters. The predicted octanol–water partition coefficient (Wildman–Crippen LogP) is 2.31. The number of nitrogens with zero attached hydrogens (tertiary/aromatic N) is 2. The summed E-state index contributed by atoms with van der Waals surface area (Å²) in [6, 6.07) is 7.18. The number of carbonyl (C=O) groups excluding carboxylic acids is 2. The average Bonchev–Trinajstić information content (AvgIpc) is 2.57. The molecular weight excluding hydrogens is 296 g/mol. The van der Waals surface area contributed by atoms with Gasteiger partial charge in [-0.1, -0.05) is 12.1 Å². The summed E-state index contributed by atoms with van der Waals surface area (Å²) in [5.74, 6) is 0.0751. The Kier molecular flexibility index (Phi) is 5.29. The number of methoxy groups -OCH3 is 1. The largest absolute Gasteiger partial charge is 0.497 e. The minimum Gasteiger partial charge on any atom is -0.497 e. The molecule has 1 fully saturated rings. The molecule has 0 amide bonds. The molecule has 0 bridgehead atoms. The first-order chi connectivity index (χ1) is 11.1. The zero-order valence-corrected chi connectivity index (χ0v) is 13.4. The Balaban J connectivity index is 2.44. The fourth-order valence-corrected chi connectivity index (χ4v) is 3.00. The van der Waals surface area contributed by atoms with Crippen LogP contribution in [0, 0.1) is 0 Å². The Bertz CT molecular complexity index is 664. The van der Waals surface area contributed by atoms with Crippen LogP contribution in [0.3, 0.4) is 0 Å². The van der Waals surface area contributed by atoms with Gasteiger partial charge in [0.05, 0.1) is 25.6 Å². The summed E-state index contributed by atoms with van der Waals surface area (Å²) in [5.41, 5.74) is 9.13. The SMILES string of the molecule is CCOC(=O)CC1(c2cccc(OC)c2)CCC(=[N+]=[N-])CC1=O. The Morgan fingerprint density at radius 3 is 2.83 bits per heavy atom. The van der Waals surface area contributed by atoms with Crippen molar-refractivity contribution < 1.29 is 23.9 Å². The van der Waals surface area contributed by atoms with Gasteiger partial charge in [0.1, 0.15) is 12.2 Å². The van der Waals surface area contributed by atoms with Crippen LogP contribution in [0.5, 0.6) is 5.75 Å². The van der Waals surface area contributed by atoms with Gasteiger partial charge in [-0.05, 0) is 31.0 Å². The van der Waals surface area contributed by atoms with Crippen LogP contribution in [0.1, 0.15) is 38.2 Å². The molecule has 122 valence electrons. The van der Waals surface area contributed by atoms with E-state index in [9.17, 15) is 9.59 Å². The van der Waals surface area contributed by atoms with E-state index in [0.29, 0.717) is 24.3 Å². The number of Topliss-reactive ketones (excluding diaryl/α,β-unsaturated/α-hetero) is 1. The third kappa shape index (κ3) is 3.48. The molecule has 1 unspecified atom stereocenters. The quantitative estimate of drug-likeness (QED) is 0.473. The van der Waals surface area contributed by atoms with E-state index < -0.39 is 11.4 Å². The smallest absolute Gasteiger partial charge is 0.307 e. The maximum absolute atomic E-state index is 12.8. The lowest BCUT2D eigenvalue weighted by molar-refractivity contribution is -0.147. The molecule has 2 rings (SSSR count). The van der Waals surface area contributed by atoms with E-state index in [4.69, 9.17) is 15.0 Å². The first-order valence-corrected chi connectivity index (χ1v) is 7.59. The minimum absolute atomic E-state index is 0.0223. The summed E-state index contributed by atoms with van der Waals surface area (Å²) in [4.78, 5) is 28.0. The van der Waals surface area contributed by atoms with E-state index >= 15 is 0 Å². The summed E-state index contributed by atoms with van der Waals surface area (Å²) in [6.45, 7) is 2.00. The zero-order chi connectivity index (χ0) is 16.9. The molecule has 1 saturated carbocycles. The van der Waals surface area contributed by atoms with Crippen molar-refractivity contribution in [2.75, 3.05) is 13.7 Å². The van der Waals surface area contributed by atoms with Crippen molar-refractivity contribution >= 4 is 17.5 Å². The van der Waals surface area contributed by atoms with Gasteiger partial charge < -0.3 is 15.0 Å². The highest BCUT2D eigenvalue weighted by Crippen LogP contribution is 2.40. The second-order valence-corrected chi connectivity index (χ2v) is 5.56. The first-order valence-electron chi connectivity index (χ1n) is 7.59. The van der Waals surface area contributed by atoms with Crippen LogP contribution in [0.15, 0.2) is 24.3 Å². The highest BCUT2D eigenvalue weighted by atomic mass is 16.5. The van der Waals surface area contributed by atoms with Crippen molar-refractivity contribution in [2.45, 2.75) is 38.0 Å². The number of carbonyl (C=O) groups is 2. The van der Waals surface area contributed by atoms with Crippen molar-refractivity contribution in [3.8, 4) is 5.75 Å². The van der Waals surface area contributed by atoms with Crippen LogP contribution in [0.2, 0.25) is 0 Å². The van der Waals surface area contributed by atoms with E-state index in [1.807, 2.05) is 6.07 Å². The number of ketones is 1. The summed E-state index contributed by atoms with van der Waals surface area (Å²) < 4.78 is 10.3. The Labute approximate surface area is 135 Å². The normalized spacial score (nSPS) is 20.8. The number of rotatable bonds is 5. The standard InChI is InChI=1S/C17H20N2O4/c1-3-23-16(21)11-17(8-7-13(19-18)10-15(17)20)12-5-4-6-14(9-12)22-2/h4-6,9H,3,7-8,10-11H2,1-2H3. The highest BCUT2D eigenvalue weighted by Gasteiger charge is 2.47. The van der Waals surface area contributed by atoms with Gasteiger partial charge in [-0.15, -0.1) is 0 Å². The topological polar surface area (TPSA) is 89.0 Å². The number of esters is 1. The van der Waals surface area contributed by atoms with Crippen molar-refractivity contribution in [1.82, 2.24) is 0 Å². The molecule has 0 saturated heterocycles. The third-order valence-electron chi connectivity index (χ3n) is 4.25. The predicted molar refractivity (Wildman–Crippen MR) is 83.4 cm³/mol. The first kappa shape index (κ1) is 16.9. The zero-order valence-electron chi connectivity index (χ0n) is 13.4. The van der Waals surface area contributed by atoms with Crippen molar-refractivity contribution in [2.24, 2.45) is 0 Å². The number of benzene rings is 1. The van der Waals surface area contributed by atoms with Crippen LogP contribution in [-0.2, 0) is 19.7 Å². The molecule has 0 aromatic heterocycles. The number of hydrogen-bond donors (Lipinski definition) is 0. The van der Waals surface area contributed by atoms with E-state index in [1.165, 1.54) is 0 Å². The van der Waals surface area contributed by atoms with Crippen LogP contribution in [0.25, 0.3) is 5.53 Å². The van der Waals surface area contributed by atoms with Gasteiger partial charge in [0.25, 0.3) is 5.71 Å². The molecule has 1 aliphatic rings. The molecule has 0 heterocycles. The van der Waals surface area contributed by atoms with E-state index in [-0.39, 0.29) is 25.2 Å². The van der Waals surface area contributed by atoms with Crippen molar-refractivity contribution in [3.05, 3.63) is 35.4 Å². The third-order valence-corrected chi connectivity index (χ3v) is 4.25. The maximum Gasteiger partial charge on any atom is 0.307 e. The molecule has 1 aromatic carbocycles. The summed E-state index contributed by atoms with van der Waals surface area (Å²) in [6.07, 6.45) is 0.870. The fraction of sp³-hybridized carbons (Fsp3) is 0.471. The Hall–Kier alpha value is -2.46. The van der Waals surface area contributed by atoms with Crippen molar-refractivity contribution in [3.63, 3.8) is 0 Å². The van der Waals surface area contributed by atoms with E-state index in [0.717, 1.165) is 5.56 Å². The lowest BCUT2D eigenvalue weighted by atomic mass is 9.66. The van der Waals surface area contributed by atoms with Crippen LogP contribution in [0.4, 0.5) is 0 Å². The minimum atomic E-state index is -0.963. The van der Waals surface area contributed by atoms with E-state index in [2.05, 4.69) is 4.79 Å². The van der Waals surface area contributed by atoms with Gasteiger partial charge in [-0.2, -0.15) is 4.79 Å². The summed E-state index contributed by atoms with van der Waals surface area (Å²) in [5, 5.41) is 0. The highest BCUT2D eigenvalue weighted by molar-refractivity contribution is 6.08. The lowest BCUT2D eigenvalue weighted by Crippen LogP contribution is -2.43. The Morgan fingerprint density at radius 1 is 1.43 bits per heavy atom. The Morgan fingerprint density at radius 2 is 2.22 bits per heavy atom. The van der Waals surface area contributed by atoms with Crippen molar-refractivity contribution in [1.29, 1.82) is 0 Å². The summed E-state index contributed by atoms with van der Waals surface area (Å²) in [7, 11) is 1.55. The average molecular weight is 316 g/mol. The van der Waals surface area contributed by atoms with Crippen LogP contribution < -0.4 is 4.74 Å². The molecule has 6 nitrogen and oxygen atoms in total. The van der Waals surface area contributed by atoms with Crippen LogP contribution >= 0.6 is 0 Å². The summed E-state index contributed by atoms with van der Waals surface area (Å²) >= 11 is 0. The molecule has 1 aromatic rings. The van der Waals surface area contributed by atoms with E-state index in [1.54, 1.807) is 32.2 Å². The molecule has 0 radical (unpaired) electrons. The van der Waals surface area contributed by atoms with Gasteiger partial charge in [0.2, 0.25) is 0 Å². The number of ether oxygens (including phenoxy) is 2. The van der Waals surface area contributed by atoms with Gasteiger partial charge >= 0.3 is 5.97 Å². The fourth-order valence-electron chi connectivity index (χ4n) is 3.00. The lowest BCUT2D eigenvalue weighted by Gasteiger charge is -2.34. The monoisotopic (exact) mass is 316 g/mol. The van der Waals surface area contributed by atoms with Gasteiger partial charge in [-0.3, -0.25) is 9.59 Å². The van der Waals surface area contributed by atoms with Gasteiger partial charge in [0, 0.05) is 6.42 Å². The molecule has 23 heavy (non-hydrogen) atoms. The number of hydrogen-bond acceptors (Lipinski definition) is 4.